The SMILES string of the molecule is Cc1ccc(S(=O)(=O)N2CCC[C@@H]2C(=O)N2CCCCC2)cc1. The number of likely N-dealkylation sites (tertiary alicyclic amines) is 1. The monoisotopic (exact) mass is 336 g/mol. The van der Waals surface area contributed by atoms with E-state index in [1.165, 1.54) is 4.31 Å². The van der Waals surface area contributed by atoms with Gasteiger partial charge in [-0.25, -0.2) is 8.42 Å². The van der Waals surface area contributed by atoms with Gasteiger partial charge in [-0.15, -0.1) is 0 Å². The molecule has 0 aromatic heterocycles. The second-order valence-corrected chi connectivity index (χ2v) is 8.36. The molecular formula is C17H24N2O3S. The molecule has 1 amide bonds. The highest BCUT2D eigenvalue weighted by molar-refractivity contribution is 7.89. The summed E-state index contributed by atoms with van der Waals surface area (Å²) >= 11 is 0. The van der Waals surface area contributed by atoms with E-state index < -0.39 is 16.1 Å². The molecule has 0 aliphatic carbocycles. The van der Waals surface area contributed by atoms with E-state index in [-0.39, 0.29) is 10.8 Å². The van der Waals surface area contributed by atoms with Crippen LogP contribution >= 0.6 is 0 Å². The van der Waals surface area contributed by atoms with Crippen molar-refractivity contribution in [2.75, 3.05) is 19.6 Å². The summed E-state index contributed by atoms with van der Waals surface area (Å²) in [7, 11) is -3.60. The highest BCUT2D eigenvalue weighted by Gasteiger charge is 2.41. The van der Waals surface area contributed by atoms with Crippen LogP contribution in [0, 0.1) is 6.92 Å². The second kappa shape index (κ2) is 6.61. The zero-order valence-corrected chi connectivity index (χ0v) is 14.4. The molecule has 2 fully saturated rings. The predicted molar refractivity (Wildman–Crippen MR) is 88.5 cm³/mol. The van der Waals surface area contributed by atoms with Gasteiger partial charge in [0.1, 0.15) is 6.04 Å². The molecule has 0 spiro atoms. The van der Waals surface area contributed by atoms with Gasteiger partial charge in [0, 0.05) is 19.6 Å². The van der Waals surface area contributed by atoms with E-state index in [0.717, 1.165) is 44.3 Å². The Morgan fingerprint density at radius 3 is 2.30 bits per heavy atom. The Morgan fingerprint density at radius 2 is 1.65 bits per heavy atom. The van der Waals surface area contributed by atoms with Crippen LogP contribution in [0.15, 0.2) is 29.2 Å². The summed E-state index contributed by atoms with van der Waals surface area (Å²) in [4.78, 5) is 14.9. The average Bonchev–Trinajstić information content (AvgIpc) is 3.06. The lowest BCUT2D eigenvalue weighted by atomic mass is 10.1. The Morgan fingerprint density at radius 1 is 1.00 bits per heavy atom. The molecule has 6 heteroatoms. The zero-order valence-electron chi connectivity index (χ0n) is 13.6. The molecule has 0 radical (unpaired) electrons. The lowest BCUT2D eigenvalue weighted by Gasteiger charge is -2.32. The average molecular weight is 336 g/mol. The lowest BCUT2D eigenvalue weighted by Crippen LogP contribution is -2.49. The fourth-order valence-electron chi connectivity index (χ4n) is 3.45. The Hall–Kier alpha value is -1.40. The van der Waals surface area contributed by atoms with E-state index in [9.17, 15) is 13.2 Å². The van der Waals surface area contributed by atoms with Gasteiger partial charge < -0.3 is 4.90 Å². The third-order valence-corrected chi connectivity index (χ3v) is 6.71. The van der Waals surface area contributed by atoms with Gasteiger partial charge >= 0.3 is 0 Å². The number of hydrogen-bond donors (Lipinski definition) is 0. The maximum atomic E-state index is 12.9. The number of piperidine rings is 1. The predicted octanol–water partition coefficient (Wildman–Crippen LogP) is 2.16. The molecule has 1 aromatic rings. The molecule has 2 aliphatic rings. The molecule has 0 bridgehead atoms. The minimum absolute atomic E-state index is 0.0158. The molecule has 2 aliphatic heterocycles. The molecule has 1 atom stereocenters. The summed E-state index contributed by atoms with van der Waals surface area (Å²) in [5.41, 5.74) is 1.02. The normalized spacial score (nSPS) is 23.2. The largest absolute Gasteiger partial charge is 0.341 e. The highest BCUT2D eigenvalue weighted by Crippen LogP contribution is 2.28. The molecule has 1 aromatic carbocycles. The van der Waals surface area contributed by atoms with Crippen molar-refractivity contribution in [3.63, 3.8) is 0 Å². The van der Waals surface area contributed by atoms with Gasteiger partial charge in [0.25, 0.3) is 0 Å². The fraction of sp³-hybridized carbons (Fsp3) is 0.588. The summed E-state index contributed by atoms with van der Waals surface area (Å²) in [5.74, 6) is -0.0158. The van der Waals surface area contributed by atoms with Gasteiger partial charge in [0.05, 0.1) is 4.90 Å². The maximum Gasteiger partial charge on any atom is 0.243 e. The fourth-order valence-corrected chi connectivity index (χ4v) is 5.10. The van der Waals surface area contributed by atoms with Gasteiger partial charge in [-0.3, -0.25) is 4.79 Å². The number of nitrogens with zero attached hydrogens (tertiary/aromatic N) is 2. The molecule has 23 heavy (non-hydrogen) atoms. The Balaban J connectivity index is 1.82. The molecule has 0 unspecified atom stereocenters. The van der Waals surface area contributed by atoms with Crippen LogP contribution in [-0.2, 0) is 14.8 Å². The quantitative estimate of drug-likeness (QED) is 0.850. The van der Waals surface area contributed by atoms with E-state index in [2.05, 4.69) is 0 Å². The lowest BCUT2D eigenvalue weighted by molar-refractivity contribution is -0.135. The maximum absolute atomic E-state index is 12.9. The van der Waals surface area contributed by atoms with E-state index in [1.54, 1.807) is 24.3 Å². The molecule has 5 nitrogen and oxygen atoms in total. The molecule has 3 rings (SSSR count). The van der Waals surface area contributed by atoms with Gasteiger partial charge in [-0.05, 0) is 51.2 Å². The molecule has 126 valence electrons. The van der Waals surface area contributed by atoms with E-state index in [0.29, 0.717) is 13.0 Å². The number of carbonyl (C=O) groups excluding carboxylic acids is 1. The van der Waals surface area contributed by atoms with Crippen molar-refractivity contribution < 1.29 is 13.2 Å². The first-order valence-corrected chi connectivity index (χ1v) is 9.81. The summed E-state index contributed by atoms with van der Waals surface area (Å²) in [6, 6.07) is 6.32. The van der Waals surface area contributed by atoms with Crippen molar-refractivity contribution in [3.8, 4) is 0 Å². The van der Waals surface area contributed by atoms with Crippen molar-refractivity contribution >= 4 is 15.9 Å². The number of aryl methyl sites for hydroxylation is 1. The Bertz CT molecular complexity index is 664. The summed E-state index contributed by atoms with van der Waals surface area (Å²) in [5, 5.41) is 0. The molecule has 2 heterocycles. The topological polar surface area (TPSA) is 57.7 Å². The van der Waals surface area contributed by atoms with Crippen LogP contribution in [0.2, 0.25) is 0 Å². The van der Waals surface area contributed by atoms with Crippen molar-refractivity contribution in [2.45, 2.75) is 50.0 Å². The van der Waals surface area contributed by atoms with Crippen molar-refractivity contribution in [1.29, 1.82) is 0 Å². The minimum atomic E-state index is -3.60. The van der Waals surface area contributed by atoms with Crippen LogP contribution in [0.4, 0.5) is 0 Å². The number of sulfonamides is 1. The number of carbonyl (C=O) groups is 1. The van der Waals surface area contributed by atoms with Crippen molar-refractivity contribution in [1.82, 2.24) is 9.21 Å². The summed E-state index contributed by atoms with van der Waals surface area (Å²) in [6.07, 6.45) is 4.56. The first-order chi connectivity index (χ1) is 11.0. The number of amides is 1. The summed E-state index contributed by atoms with van der Waals surface area (Å²) < 4.78 is 27.2. The van der Waals surface area contributed by atoms with Crippen LogP contribution in [0.5, 0.6) is 0 Å². The highest BCUT2D eigenvalue weighted by atomic mass is 32.2. The van der Waals surface area contributed by atoms with Gasteiger partial charge in [0.15, 0.2) is 0 Å². The smallest absolute Gasteiger partial charge is 0.243 e. The Kier molecular flexibility index (Phi) is 4.73. The van der Waals surface area contributed by atoms with Crippen LogP contribution in [0.3, 0.4) is 0 Å². The van der Waals surface area contributed by atoms with Crippen molar-refractivity contribution in [2.24, 2.45) is 0 Å². The van der Waals surface area contributed by atoms with Crippen LogP contribution < -0.4 is 0 Å². The van der Waals surface area contributed by atoms with Gasteiger partial charge in [0.2, 0.25) is 15.9 Å². The number of benzene rings is 1. The molecule has 0 N–H and O–H groups in total. The van der Waals surface area contributed by atoms with E-state index >= 15 is 0 Å². The third kappa shape index (κ3) is 3.28. The second-order valence-electron chi connectivity index (χ2n) is 6.47. The van der Waals surface area contributed by atoms with Crippen LogP contribution in [-0.4, -0.2) is 49.2 Å². The van der Waals surface area contributed by atoms with E-state index in [1.807, 2.05) is 11.8 Å². The summed E-state index contributed by atoms with van der Waals surface area (Å²) in [6.45, 7) is 3.87. The molecular weight excluding hydrogens is 312 g/mol. The first-order valence-electron chi connectivity index (χ1n) is 8.37. The third-order valence-electron chi connectivity index (χ3n) is 4.78. The van der Waals surface area contributed by atoms with Crippen LogP contribution in [0.25, 0.3) is 0 Å². The van der Waals surface area contributed by atoms with Crippen molar-refractivity contribution in [3.05, 3.63) is 29.8 Å². The molecule has 0 saturated carbocycles. The number of rotatable bonds is 3. The standard InChI is InChI=1S/C17H24N2O3S/c1-14-7-9-15(10-8-14)23(21,22)19-13-5-6-16(19)17(20)18-11-3-2-4-12-18/h7-10,16H,2-6,11-13H2,1H3/t16-/m1/s1. The van der Waals surface area contributed by atoms with Crippen LogP contribution in [0.1, 0.15) is 37.7 Å². The first kappa shape index (κ1) is 16.5. The Labute approximate surface area is 138 Å². The van der Waals surface area contributed by atoms with Gasteiger partial charge in [-0.1, -0.05) is 17.7 Å². The zero-order chi connectivity index (χ0) is 16.4. The number of hydrogen-bond acceptors (Lipinski definition) is 3. The minimum Gasteiger partial charge on any atom is -0.341 e. The molecule has 2 saturated heterocycles. The van der Waals surface area contributed by atoms with Gasteiger partial charge in [-0.2, -0.15) is 4.31 Å². The van der Waals surface area contributed by atoms with E-state index in [4.69, 9.17) is 0 Å².